The van der Waals surface area contributed by atoms with E-state index in [1.165, 1.54) is 6.33 Å². The maximum atomic E-state index is 12.7. The minimum Gasteiger partial charge on any atom is -0.347 e. The first-order valence-corrected chi connectivity index (χ1v) is 11.0. The summed E-state index contributed by atoms with van der Waals surface area (Å²) in [4.78, 5) is 41.5. The van der Waals surface area contributed by atoms with E-state index < -0.39 is 6.04 Å². The van der Waals surface area contributed by atoms with E-state index in [0.717, 1.165) is 11.3 Å². The molecule has 0 aliphatic carbocycles. The molecule has 0 radical (unpaired) electrons. The highest BCUT2D eigenvalue weighted by atomic mass is 16.2. The number of hydrogen-bond acceptors (Lipinski definition) is 5. The third-order valence-corrected chi connectivity index (χ3v) is 5.21. The number of anilines is 1. The number of nitrogens with zero attached hydrogens (tertiary/aromatic N) is 3. The number of carbonyl (C=O) groups is 3. The minimum atomic E-state index is -0.545. The lowest BCUT2D eigenvalue weighted by atomic mass is 10.0. The quantitative estimate of drug-likeness (QED) is 0.349. The van der Waals surface area contributed by atoms with Gasteiger partial charge in [0.2, 0.25) is 11.8 Å². The standard InChI is InChI=1S/C26H24N6O3/c33-24(28-16-25(34)30-21-11-13-22(14-12-21)32-18-27-17-29-32)15-23(19-7-3-1-4-8-19)31-26(35)20-9-5-2-6-10-20/h1-14,17-18,23H,15-16H2,(H,28,33)(H,30,34)(H,31,35). The van der Waals surface area contributed by atoms with Gasteiger partial charge in [-0.3, -0.25) is 14.4 Å². The molecule has 9 heteroatoms. The Morgan fingerprint density at radius 3 is 2.17 bits per heavy atom. The average Bonchev–Trinajstić information content (AvgIpc) is 3.44. The number of aromatic nitrogens is 3. The van der Waals surface area contributed by atoms with E-state index in [9.17, 15) is 14.4 Å². The van der Waals surface area contributed by atoms with E-state index in [-0.39, 0.29) is 30.7 Å². The van der Waals surface area contributed by atoms with Gasteiger partial charge in [0.05, 0.1) is 24.7 Å². The lowest BCUT2D eigenvalue weighted by Crippen LogP contribution is -2.37. The Bertz CT molecular complexity index is 1260. The number of rotatable bonds is 9. The molecule has 1 heterocycles. The molecule has 176 valence electrons. The summed E-state index contributed by atoms with van der Waals surface area (Å²) in [6.45, 7) is -0.197. The van der Waals surface area contributed by atoms with Crippen molar-refractivity contribution in [1.82, 2.24) is 25.4 Å². The van der Waals surface area contributed by atoms with Crippen LogP contribution in [0.3, 0.4) is 0 Å². The molecule has 3 amide bonds. The second-order valence-electron chi connectivity index (χ2n) is 7.72. The van der Waals surface area contributed by atoms with Crippen molar-refractivity contribution in [2.75, 3.05) is 11.9 Å². The van der Waals surface area contributed by atoms with Gasteiger partial charge >= 0.3 is 0 Å². The van der Waals surface area contributed by atoms with Crippen LogP contribution in [0.2, 0.25) is 0 Å². The van der Waals surface area contributed by atoms with Crippen molar-refractivity contribution >= 4 is 23.4 Å². The highest BCUT2D eigenvalue weighted by molar-refractivity contribution is 5.96. The molecule has 1 unspecified atom stereocenters. The molecule has 4 rings (SSSR count). The fraction of sp³-hybridized carbons (Fsp3) is 0.115. The molecular formula is C26H24N6O3. The predicted molar refractivity (Wildman–Crippen MR) is 131 cm³/mol. The summed E-state index contributed by atoms with van der Waals surface area (Å²) in [5, 5.41) is 12.3. The lowest BCUT2D eigenvalue weighted by Gasteiger charge is -2.19. The van der Waals surface area contributed by atoms with E-state index in [0.29, 0.717) is 11.3 Å². The van der Waals surface area contributed by atoms with Gasteiger partial charge in [0.1, 0.15) is 12.7 Å². The molecule has 3 aromatic carbocycles. The smallest absolute Gasteiger partial charge is 0.251 e. The van der Waals surface area contributed by atoms with Gasteiger partial charge < -0.3 is 16.0 Å². The Labute approximate surface area is 202 Å². The zero-order valence-corrected chi connectivity index (χ0v) is 18.8. The third-order valence-electron chi connectivity index (χ3n) is 5.21. The molecule has 0 spiro atoms. The molecule has 0 saturated carbocycles. The fourth-order valence-corrected chi connectivity index (χ4v) is 3.45. The molecule has 3 N–H and O–H groups in total. The zero-order valence-electron chi connectivity index (χ0n) is 18.8. The first-order valence-electron chi connectivity index (χ1n) is 11.0. The third kappa shape index (κ3) is 6.61. The van der Waals surface area contributed by atoms with Gasteiger partial charge in [-0.05, 0) is 42.0 Å². The zero-order chi connectivity index (χ0) is 24.5. The van der Waals surface area contributed by atoms with Crippen molar-refractivity contribution in [3.63, 3.8) is 0 Å². The summed E-state index contributed by atoms with van der Waals surface area (Å²) in [5.74, 6) is -1.00. The highest BCUT2D eigenvalue weighted by Crippen LogP contribution is 2.18. The fourth-order valence-electron chi connectivity index (χ4n) is 3.45. The topological polar surface area (TPSA) is 118 Å². The molecular weight excluding hydrogens is 444 g/mol. The summed E-state index contributed by atoms with van der Waals surface area (Å²) in [6, 6.07) is 24.6. The summed E-state index contributed by atoms with van der Waals surface area (Å²) < 4.78 is 1.60. The lowest BCUT2D eigenvalue weighted by molar-refractivity contribution is -0.124. The van der Waals surface area contributed by atoms with Crippen LogP contribution in [0.1, 0.15) is 28.4 Å². The number of carbonyl (C=O) groups excluding carboxylic acids is 3. The van der Waals surface area contributed by atoms with Crippen molar-refractivity contribution in [3.8, 4) is 5.69 Å². The van der Waals surface area contributed by atoms with Crippen LogP contribution in [0, 0.1) is 0 Å². The Balaban J connectivity index is 1.31. The van der Waals surface area contributed by atoms with Gasteiger partial charge in [-0.2, -0.15) is 5.10 Å². The van der Waals surface area contributed by atoms with Gasteiger partial charge in [0.25, 0.3) is 5.91 Å². The molecule has 0 aliphatic rings. The van der Waals surface area contributed by atoms with E-state index in [1.807, 2.05) is 36.4 Å². The Morgan fingerprint density at radius 1 is 0.829 bits per heavy atom. The molecule has 1 atom stereocenters. The second kappa shape index (κ2) is 11.4. The van der Waals surface area contributed by atoms with Crippen LogP contribution in [0.4, 0.5) is 5.69 Å². The molecule has 0 aliphatic heterocycles. The number of nitrogens with one attached hydrogen (secondary N) is 3. The Kier molecular flexibility index (Phi) is 7.59. The highest BCUT2D eigenvalue weighted by Gasteiger charge is 2.19. The summed E-state index contributed by atoms with van der Waals surface area (Å²) >= 11 is 0. The van der Waals surface area contributed by atoms with Gasteiger partial charge in [-0.1, -0.05) is 48.5 Å². The molecule has 35 heavy (non-hydrogen) atoms. The van der Waals surface area contributed by atoms with E-state index in [4.69, 9.17) is 0 Å². The number of hydrogen-bond donors (Lipinski definition) is 3. The van der Waals surface area contributed by atoms with Crippen LogP contribution < -0.4 is 16.0 Å². The van der Waals surface area contributed by atoms with Crippen molar-refractivity contribution in [1.29, 1.82) is 0 Å². The maximum absolute atomic E-state index is 12.7. The van der Waals surface area contributed by atoms with Crippen LogP contribution in [-0.2, 0) is 9.59 Å². The molecule has 4 aromatic rings. The van der Waals surface area contributed by atoms with Gasteiger partial charge in [-0.25, -0.2) is 9.67 Å². The summed E-state index contributed by atoms with van der Waals surface area (Å²) in [6.07, 6.45) is 3.00. The molecule has 0 saturated heterocycles. The minimum absolute atomic E-state index is 0.0114. The SMILES string of the molecule is O=C(CC(NC(=O)c1ccccc1)c1ccccc1)NCC(=O)Nc1ccc(-n2cncn2)cc1. The van der Waals surface area contributed by atoms with Crippen molar-refractivity contribution in [2.45, 2.75) is 12.5 Å². The van der Waals surface area contributed by atoms with Crippen LogP contribution in [0.25, 0.3) is 5.69 Å². The van der Waals surface area contributed by atoms with E-state index in [1.54, 1.807) is 59.5 Å². The predicted octanol–water partition coefficient (Wildman–Crippen LogP) is 2.88. The van der Waals surface area contributed by atoms with Gasteiger partial charge in [0, 0.05) is 11.3 Å². The van der Waals surface area contributed by atoms with E-state index >= 15 is 0 Å². The average molecular weight is 469 g/mol. The summed E-state index contributed by atoms with van der Waals surface area (Å²) in [7, 11) is 0. The van der Waals surface area contributed by atoms with Crippen LogP contribution in [-0.4, -0.2) is 39.0 Å². The van der Waals surface area contributed by atoms with Crippen LogP contribution >= 0.6 is 0 Å². The molecule has 1 aromatic heterocycles. The van der Waals surface area contributed by atoms with Crippen molar-refractivity contribution in [3.05, 3.63) is 109 Å². The first kappa shape index (κ1) is 23.4. The molecule has 0 bridgehead atoms. The summed E-state index contributed by atoms with van der Waals surface area (Å²) in [5.41, 5.74) is 2.69. The number of amides is 3. The largest absolute Gasteiger partial charge is 0.347 e. The number of benzene rings is 3. The Morgan fingerprint density at radius 2 is 1.51 bits per heavy atom. The molecule has 0 fully saturated rings. The maximum Gasteiger partial charge on any atom is 0.251 e. The van der Waals surface area contributed by atoms with Crippen molar-refractivity contribution < 1.29 is 14.4 Å². The van der Waals surface area contributed by atoms with Crippen molar-refractivity contribution in [2.24, 2.45) is 0 Å². The van der Waals surface area contributed by atoms with Crippen LogP contribution in [0.5, 0.6) is 0 Å². The molecule has 9 nitrogen and oxygen atoms in total. The Hall–Kier alpha value is -4.79. The normalized spacial score (nSPS) is 11.3. The van der Waals surface area contributed by atoms with Gasteiger partial charge in [0.15, 0.2) is 0 Å². The van der Waals surface area contributed by atoms with Crippen LogP contribution in [0.15, 0.2) is 97.6 Å². The second-order valence-corrected chi connectivity index (χ2v) is 7.72. The monoisotopic (exact) mass is 468 g/mol. The first-order chi connectivity index (χ1) is 17.1. The van der Waals surface area contributed by atoms with E-state index in [2.05, 4.69) is 26.0 Å². The van der Waals surface area contributed by atoms with Gasteiger partial charge in [-0.15, -0.1) is 0 Å².